The van der Waals surface area contributed by atoms with Crippen LogP contribution < -0.4 is 0 Å². The lowest BCUT2D eigenvalue weighted by atomic mass is 9.86. The number of pyridine rings is 1. The van der Waals surface area contributed by atoms with Gasteiger partial charge >= 0.3 is 0 Å². The lowest BCUT2D eigenvalue weighted by molar-refractivity contribution is 1.18. The highest BCUT2D eigenvalue weighted by Gasteiger charge is 2.19. The molecular weight excluding hydrogens is 715 g/mol. The second kappa shape index (κ2) is 13.0. The number of para-hydroxylation sites is 1. The molecule has 0 amide bonds. The fourth-order valence-corrected chi connectivity index (χ4v) is 9.51. The van der Waals surface area contributed by atoms with Gasteiger partial charge in [-0.05, 0) is 120 Å². The maximum absolute atomic E-state index is 9.86. The lowest BCUT2D eigenvalue weighted by Crippen LogP contribution is -1.93. The van der Waals surface area contributed by atoms with Crippen LogP contribution in [0.4, 0.5) is 0 Å². The van der Waals surface area contributed by atoms with Crippen molar-refractivity contribution in [2.45, 2.75) is 0 Å². The zero-order valence-corrected chi connectivity index (χ0v) is 31.9. The van der Waals surface area contributed by atoms with Crippen molar-refractivity contribution in [1.29, 1.82) is 5.26 Å². The zero-order chi connectivity index (χ0) is 39.0. The first-order valence-corrected chi connectivity index (χ1v) is 20.0. The third kappa shape index (κ3) is 5.11. The first kappa shape index (κ1) is 33.1. The number of nitrogens with zero attached hydrogens (tertiary/aromatic N) is 3. The topological polar surface area (TPSA) is 41.6 Å². The fourth-order valence-electron chi connectivity index (χ4n) is 9.51. The third-order valence-electron chi connectivity index (χ3n) is 12.2. The van der Waals surface area contributed by atoms with E-state index in [9.17, 15) is 5.26 Å². The van der Waals surface area contributed by atoms with Crippen LogP contribution in [0.5, 0.6) is 0 Å². The molecule has 272 valence electrons. The van der Waals surface area contributed by atoms with Gasteiger partial charge in [-0.15, -0.1) is 0 Å². The Morgan fingerprint density at radius 3 is 1.68 bits per heavy atom. The van der Waals surface area contributed by atoms with E-state index in [1.165, 1.54) is 59.8 Å². The summed E-state index contributed by atoms with van der Waals surface area (Å²) >= 11 is 0. The number of hydrogen-bond acceptors (Lipinski definition) is 2. The Bertz CT molecular complexity index is 3670. The third-order valence-corrected chi connectivity index (χ3v) is 12.2. The number of hydrogen-bond donors (Lipinski definition) is 0. The highest BCUT2D eigenvalue weighted by Crippen LogP contribution is 2.45. The first-order chi connectivity index (χ1) is 29.2. The Morgan fingerprint density at radius 2 is 0.932 bits per heavy atom. The second-order valence-corrected chi connectivity index (χ2v) is 15.4. The van der Waals surface area contributed by atoms with E-state index in [0.29, 0.717) is 5.56 Å². The van der Waals surface area contributed by atoms with Crippen molar-refractivity contribution < 1.29 is 0 Å². The van der Waals surface area contributed by atoms with Crippen LogP contribution in [0.15, 0.2) is 200 Å². The van der Waals surface area contributed by atoms with Crippen LogP contribution in [0.25, 0.3) is 115 Å². The van der Waals surface area contributed by atoms with Gasteiger partial charge in [-0.2, -0.15) is 5.26 Å². The number of rotatable bonds is 5. The SMILES string of the molecule is N#Cc1ccc2c(c1)c1cc(-c3ccc(-c4ccc5ccc6c(-c7cccc(-c8ccccc8)n7)ccc7ccc4c5c76)c4ccccc34)ccc1n2-c1ccccc1. The molecule has 0 N–H and O–H groups in total. The minimum atomic E-state index is 0.656. The number of benzene rings is 10. The van der Waals surface area contributed by atoms with Gasteiger partial charge in [-0.25, -0.2) is 4.98 Å². The molecule has 2 heterocycles. The molecule has 12 rings (SSSR count). The van der Waals surface area contributed by atoms with E-state index in [4.69, 9.17) is 4.98 Å². The molecule has 10 aromatic carbocycles. The van der Waals surface area contributed by atoms with E-state index in [-0.39, 0.29) is 0 Å². The van der Waals surface area contributed by atoms with Crippen molar-refractivity contribution in [2.24, 2.45) is 0 Å². The molecule has 59 heavy (non-hydrogen) atoms. The molecule has 0 aliphatic rings. The van der Waals surface area contributed by atoms with Crippen LogP contribution in [0, 0.1) is 11.3 Å². The Labute approximate surface area is 340 Å². The molecule has 0 aliphatic heterocycles. The van der Waals surface area contributed by atoms with Gasteiger partial charge in [0.15, 0.2) is 0 Å². The van der Waals surface area contributed by atoms with E-state index in [1.807, 2.05) is 24.3 Å². The summed E-state index contributed by atoms with van der Waals surface area (Å²) in [6.07, 6.45) is 0. The smallest absolute Gasteiger partial charge is 0.0991 e. The van der Waals surface area contributed by atoms with Gasteiger partial charge in [0.1, 0.15) is 0 Å². The summed E-state index contributed by atoms with van der Waals surface area (Å²) in [5.41, 5.74) is 12.9. The van der Waals surface area contributed by atoms with Gasteiger partial charge in [0.25, 0.3) is 0 Å². The standard InChI is InChI=1S/C56H33N3/c57-34-35-18-30-53-49(32-35)50-33-39(23-31-54(50)59(53)40-12-5-2-6-13-40)41-28-29-44(43-15-8-7-14-42(41)43)45-24-19-37-22-27-48-46(25-20-38-21-26-47(45)55(37)56(38)48)52-17-9-16-51(58-52)36-10-3-1-4-11-36/h1-33H. The van der Waals surface area contributed by atoms with Crippen molar-refractivity contribution in [2.75, 3.05) is 0 Å². The maximum atomic E-state index is 9.86. The van der Waals surface area contributed by atoms with Crippen LogP contribution in [0.2, 0.25) is 0 Å². The molecule has 12 aromatic rings. The van der Waals surface area contributed by atoms with E-state index in [0.717, 1.165) is 55.6 Å². The lowest BCUT2D eigenvalue weighted by Gasteiger charge is -2.18. The van der Waals surface area contributed by atoms with E-state index in [1.54, 1.807) is 0 Å². The molecular formula is C56H33N3. The van der Waals surface area contributed by atoms with E-state index < -0.39 is 0 Å². The summed E-state index contributed by atoms with van der Waals surface area (Å²) in [5.74, 6) is 0. The van der Waals surface area contributed by atoms with Crippen LogP contribution >= 0.6 is 0 Å². The summed E-state index contributed by atoms with van der Waals surface area (Å²) < 4.78 is 2.30. The van der Waals surface area contributed by atoms with Crippen molar-refractivity contribution >= 4 is 64.9 Å². The van der Waals surface area contributed by atoms with Crippen LogP contribution in [0.3, 0.4) is 0 Å². The molecule has 0 spiro atoms. The van der Waals surface area contributed by atoms with Gasteiger partial charge < -0.3 is 4.57 Å². The van der Waals surface area contributed by atoms with Crippen molar-refractivity contribution in [3.8, 4) is 56.5 Å². The molecule has 0 atom stereocenters. The predicted molar refractivity (Wildman–Crippen MR) is 246 cm³/mol. The Hall–Kier alpha value is -8.06. The van der Waals surface area contributed by atoms with Crippen LogP contribution in [-0.2, 0) is 0 Å². The minimum absolute atomic E-state index is 0.656. The average molecular weight is 748 g/mol. The van der Waals surface area contributed by atoms with Crippen LogP contribution in [0.1, 0.15) is 5.56 Å². The normalized spacial score (nSPS) is 11.7. The molecule has 0 fully saturated rings. The largest absolute Gasteiger partial charge is 0.309 e. The summed E-state index contributed by atoms with van der Waals surface area (Å²) in [5, 5.41) is 21.9. The molecule has 0 unspecified atom stereocenters. The number of aromatic nitrogens is 2. The molecule has 3 nitrogen and oxygen atoms in total. The first-order valence-electron chi connectivity index (χ1n) is 20.0. The maximum Gasteiger partial charge on any atom is 0.0991 e. The van der Waals surface area contributed by atoms with Gasteiger partial charge in [-0.1, -0.05) is 146 Å². The summed E-state index contributed by atoms with van der Waals surface area (Å²) in [6.45, 7) is 0. The van der Waals surface area contributed by atoms with Gasteiger partial charge in [0, 0.05) is 27.6 Å². The average Bonchev–Trinajstić information content (AvgIpc) is 3.64. The second-order valence-electron chi connectivity index (χ2n) is 15.4. The van der Waals surface area contributed by atoms with E-state index in [2.05, 4.69) is 187 Å². The number of nitriles is 1. The fraction of sp³-hybridized carbons (Fsp3) is 0. The molecule has 3 heteroatoms. The molecule has 0 radical (unpaired) electrons. The van der Waals surface area contributed by atoms with Crippen molar-refractivity contribution in [3.05, 3.63) is 206 Å². The Morgan fingerprint density at radius 1 is 0.373 bits per heavy atom. The minimum Gasteiger partial charge on any atom is -0.309 e. The van der Waals surface area contributed by atoms with Gasteiger partial charge in [-0.3, -0.25) is 0 Å². The highest BCUT2D eigenvalue weighted by molar-refractivity contribution is 6.28. The quantitative estimate of drug-likeness (QED) is 0.165. The summed E-state index contributed by atoms with van der Waals surface area (Å²) in [6, 6.07) is 73.9. The highest BCUT2D eigenvalue weighted by atomic mass is 15.0. The molecule has 0 bridgehead atoms. The zero-order valence-electron chi connectivity index (χ0n) is 31.9. The Kier molecular flexibility index (Phi) is 7.29. The van der Waals surface area contributed by atoms with Gasteiger partial charge in [0.2, 0.25) is 0 Å². The van der Waals surface area contributed by atoms with Crippen LogP contribution in [-0.4, -0.2) is 9.55 Å². The van der Waals surface area contributed by atoms with E-state index >= 15 is 0 Å². The van der Waals surface area contributed by atoms with Crippen molar-refractivity contribution in [1.82, 2.24) is 9.55 Å². The Balaban J connectivity index is 1.03. The summed E-state index contributed by atoms with van der Waals surface area (Å²) in [7, 11) is 0. The molecule has 0 saturated heterocycles. The summed E-state index contributed by atoms with van der Waals surface area (Å²) in [4.78, 5) is 5.17. The number of fused-ring (bicyclic) bond motifs is 4. The monoisotopic (exact) mass is 747 g/mol. The molecule has 0 aliphatic carbocycles. The van der Waals surface area contributed by atoms with Gasteiger partial charge in [0.05, 0.1) is 34.1 Å². The molecule has 0 saturated carbocycles. The molecule has 2 aromatic heterocycles. The predicted octanol–water partition coefficient (Wildman–Crippen LogP) is 14.8. The van der Waals surface area contributed by atoms with Crippen molar-refractivity contribution in [3.63, 3.8) is 0 Å².